The summed E-state index contributed by atoms with van der Waals surface area (Å²) in [4.78, 5) is 18.7. The molecular weight excluding hydrogens is 520 g/mol. The summed E-state index contributed by atoms with van der Waals surface area (Å²) in [7, 11) is -3.60. The fraction of sp³-hybridized carbons (Fsp3) is 0.310. The van der Waals surface area contributed by atoms with Crippen LogP contribution in [0.25, 0.3) is 0 Å². The number of nitrogens with one attached hydrogen (secondary N) is 1. The van der Waals surface area contributed by atoms with Gasteiger partial charge in [-0.25, -0.2) is 0 Å². The van der Waals surface area contributed by atoms with E-state index in [2.05, 4.69) is 10.5 Å². The van der Waals surface area contributed by atoms with Gasteiger partial charge in [0.25, 0.3) is 0 Å². The molecular formula is C29H32N2O7S. The molecule has 10 heteroatoms. The number of carbonyl (C=O) groups is 1. The first-order valence-corrected chi connectivity index (χ1v) is 14.5. The number of amides is 1. The van der Waals surface area contributed by atoms with Crippen molar-refractivity contribution in [2.24, 2.45) is 5.16 Å². The van der Waals surface area contributed by atoms with Crippen LogP contribution in [0.15, 0.2) is 84.0 Å². The van der Waals surface area contributed by atoms with E-state index in [4.69, 9.17) is 13.8 Å². The van der Waals surface area contributed by atoms with E-state index in [-0.39, 0.29) is 24.4 Å². The Morgan fingerprint density at radius 2 is 1.85 bits per heavy atom. The van der Waals surface area contributed by atoms with Crippen LogP contribution in [0, 0.1) is 0 Å². The molecule has 1 aliphatic heterocycles. The molecule has 0 saturated carbocycles. The van der Waals surface area contributed by atoms with E-state index >= 15 is 0 Å². The summed E-state index contributed by atoms with van der Waals surface area (Å²) >= 11 is 0. The van der Waals surface area contributed by atoms with E-state index < -0.39 is 22.3 Å². The lowest BCUT2D eigenvalue weighted by molar-refractivity contribution is -0.133. The number of hydrogen-bond acceptors (Lipinski definition) is 8. The molecule has 0 saturated heterocycles. The minimum absolute atomic E-state index is 0.224. The molecule has 0 spiro atoms. The maximum atomic E-state index is 13.1. The number of hydrogen-bond donors (Lipinski definition) is 2. The molecule has 1 amide bonds. The van der Waals surface area contributed by atoms with Gasteiger partial charge < -0.3 is 24.2 Å². The Morgan fingerprint density at radius 1 is 1.10 bits per heavy atom. The summed E-state index contributed by atoms with van der Waals surface area (Å²) in [6, 6.07) is 23.2. The average molecular weight is 553 g/mol. The van der Waals surface area contributed by atoms with Crippen LogP contribution in [0.4, 0.5) is 0 Å². The summed E-state index contributed by atoms with van der Waals surface area (Å²) in [6.45, 7) is 1.98. The zero-order valence-electron chi connectivity index (χ0n) is 21.8. The number of carbonyl (C=O) groups excluding carboxylic acids is 1. The first-order chi connectivity index (χ1) is 18.8. The van der Waals surface area contributed by atoms with Gasteiger partial charge in [-0.3, -0.25) is 4.79 Å². The molecule has 1 unspecified atom stereocenters. The Bertz CT molecular complexity index is 1390. The zero-order valence-corrected chi connectivity index (χ0v) is 22.6. The van der Waals surface area contributed by atoms with Crippen molar-refractivity contribution in [1.29, 1.82) is 0 Å². The van der Waals surface area contributed by atoms with Crippen LogP contribution < -0.4 is 9.50 Å². The van der Waals surface area contributed by atoms with Crippen LogP contribution in [-0.2, 0) is 30.9 Å². The van der Waals surface area contributed by atoms with Crippen molar-refractivity contribution in [3.05, 3.63) is 101 Å². The second kappa shape index (κ2) is 12.9. The molecule has 1 aliphatic rings. The summed E-state index contributed by atoms with van der Waals surface area (Å²) in [5, 5.41) is 17.0. The Hall–Kier alpha value is -3.73. The highest BCUT2D eigenvalue weighted by Crippen LogP contribution is 2.31. The lowest BCUT2D eigenvalue weighted by atomic mass is 9.97. The number of rotatable bonds is 12. The SMILES string of the molecule is CCO[C@@H](Cc1cccc(C2=NOC(c3ccc(OS(C)(=O)=O)cc3)C2)c1)C(=O)N[C@@H](CO)c1ccccc1. The molecule has 9 nitrogen and oxygen atoms in total. The van der Waals surface area contributed by atoms with Crippen LogP contribution in [0.3, 0.4) is 0 Å². The standard InChI is InChI=1S/C29H32N2O7S/c1-3-36-28(29(33)30-26(19-32)21-9-5-4-6-10-21)17-20-8-7-11-23(16-20)25-18-27(37-31-25)22-12-14-24(15-13-22)38-39(2,34)35/h4-16,26-28,32H,3,17-19H2,1-2H3,(H,30,33)/t26-,27?,28-/m0/s1. The molecule has 39 heavy (non-hydrogen) atoms. The molecule has 0 aliphatic carbocycles. The number of nitrogens with zero attached hydrogens (tertiary/aromatic N) is 1. The highest BCUT2D eigenvalue weighted by atomic mass is 32.2. The van der Waals surface area contributed by atoms with E-state index in [9.17, 15) is 18.3 Å². The maximum Gasteiger partial charge on any atom is 0.306 e. The maximum absolute atomic E-state index is 13.1. The van der Waals surface area contributed by atoms with Crippen molar-refractivity contribution < 1.29 is 32.1 Å². The van der Waals surface area contributed by atoms with Crippen molar-refractivity contribution >= 4 is 21.7 Å². The molecule has 0 bridgehead atoms. The molecule has 206 valence electrons. The summed E-state index contributed by atoms with van der Waals surface area (Å²) < 4.78 is 33.3. The summed E-state index contributed by atoms with van der Waals surface area (Å²) in [6.07, 6.45) is 0.825. The van der Waals surface area contributed by atoms with Crippen molar-refractivity contribution in [3.63, 3.8) is 0 Å². The molecule has 4 rings (SSSR count). The summed E-state index contributed by atoms with van der Waals surface area (Å²) in [5.74, 6) is -0.0647. The van der Waals surface area contributed by atoms with Crippen LogP contribution in [0.1, 0.15) is 47.7 Å². The number of oxime groups is 1. The predicted octanol–water partition coefficient (Wildman–Crippen LogP) is 3.69. The molecule has 1 heterocycles. The van der Waals surface area contributed by atoms with E-state index in [0.717, 1.165) is 34.2 Å². The quantitative estimate of drug-likeness (QED) is 0.329. The van der Waals surface area contributed by atoms with Gasteiger partial charge in [0.2, 0.25) is 5.91 Å². The molecule has 3 atom stereocenters. The summed E-state index contributed by atoms with van der Waals surface area (Å²) in [5.41, 5.74) is 4.20. The van der Waals surface area contributed by atoms with E-state index in [1.165, 1.54) is 0 Å². The molecule has 0 radical (unpaired) electrons. The van der Waals surface area contributed by atoms with Gasteiger partial charge in [-0.2, -0.15) is 8.42 Å². The smallest absolute Gasteiger partial charge is 0.306 e. The van der Waals surface area contributed by atoms with Gasteiger partial charge in [0.05, 0.1) is 24.6 Å². The van der Waals surface area contributed by atoms with Crippen molar-refractivity contribution in [2.45, 2.75) is 38.0 Å². The second-order valence-electron chi connectivity index (χ2n) is 9.20. The minimum Gasteiger partial charge on any atom is -0.394 e. The van der Waals surface area contributed by atoms with E-state index in [1.54, 1.807) is 24.3 Å². The van der Waals surface area contributed by atoms with Gasteiger partial charge in [-0.1, -0.05) is 65.8 Å². The molecule has 3 aromatic rings. The third kappa shape index (κ3) is 7.89. The van der Waals surface area contributed by atoms with Gasteiger partial charge in [-0.05, 0) is 47.4 Å². The van der Waals surface area contributed by atoms with Crippen LogP contribution in [0.2, 0.25) is 0 Å². The number of benzene rings is 3. The van der Waals surface area contributed by atoms with Gasteiger partial charge in [-0.15, -0.1) is 0 Å². The van der Waals surface area contributed by atoms with E-state index in [1.807, 2.05) is 61.5 Å². The highest BCUT2D eigenvalue weighted by molar-refractivity contribution is 7.86. The fourth-order valence-corrected chi connectivity index (χ4v) is 4.80. The Kier molecular flexibility index (Phi) is 9.34. The van der Waals surface area contributed by atoms with Crippen LogP contribution in [0.5, 0.6) is 5.75 Å². The molecule has 3 aromatic carbocycles. The molecule has 0 fully saturated rings. The third-order valence-corrected chi connectivity index (χ3v) is 6.71. The lowest BCUT2D eigenvalue weighted by Crippen LogP contribution is -2.41. The number of ether oxygens (including phenoxy) is 1. The van der Waals surface area contributed by atoms with Gasteiger partial charge in [0.15, 0.2) is 6.10 Å². The Morgan fingerprint density at radius 3 is 2.51 bits per heavy atom. The number of aliphatic hydroxyl groups excluding tert-OH is 1. The zero-order chi connectivity index (χ0) is 27.8. The predicted molar refractivity (Wildman–Crippen MR) is 147 cm³/mol. The molecule has 0 aromatic heterocycles. The first kappa shape index (κ1) is 28.3. The minimum atomic E-state index is -3.60. The molecule has 2 N–H and O–H groups in total. The first-order valence-electron chi connectivity index (χ1n) is 12.6. The van der Waals surface area contributed by atoms with Crippen molar-refractivity contribution in [2.75, 3.05) is 19.5 Å². The average Bonchev–Trinajstić information content (AvgIpc) is 3.42. The Labute approximate surface area is 228 Å². The van der Waals surface area contributed by atoms with E-state index in [0.29, 0.717) is 19.4 Å². The normalized spacial score (nSPS) is 16.6. The van der Waals surface area contributed by atoms with Crippen molar-refractivity contribution in [3.8, 4) is 5.75 Å². The van der Waals surface area contributed by atoms with Gasteiger partial charge in [0.1, 0.15) is 11.9 Å². The van der Waals surface area contributed by atoms with Gasteiger partial charge >= 0.3 is 10.1 Å². The van der Waals surface area contributed by atoms with Crippen molar-refractivity contribution in [1.82, 2.24) is 5.32 Å². The Balaban J connectivity index is 1.40. The van der Waals surface area contributed by atoms with Gasteiger partial charge in [0, 0.05) is 19.4 Å². The lowest BCUT2D eigenvalue weighted by Gasteiger charge is -2.22. The fourth-order valence-electron chi connectivity index (χ4n) is 4.34. The largest absolute Gasteiger partial charge is 0.394 e. The highest BCUT2D eigenvalue weighted by Gasteiger charge is 2.26. The number of aliphatic hydroxyl groups is 1. The topological polar surface area (TPSA) is 124 Å². The third-order valence-electron chi connectivity index (χ3n) is 6.21. The van der Waals surface area contributed by atoms with Crippen LogP contribution in [-0.4, -0.2) is 50.7 Å². The monoisotopic (exact) mass is 552 g/mol. The second-order valence-corrected chi connectivity index (χ2v) is 10.8. The van der Waals surface area contributed by atoms with Crippen LogP contribution >= 0.6 is 0 Å².